The van der Waals surface area contributed by atoms with Gasteiger partial charge in [0.1, 0.15) is 12.1 Å². The molecular weight excluding hydrogens is 181 g/mol. The van der Waals surface area contributed by atoms with Crippen molar-refractivity contribution in [2.75, 3.05) is 7.05 Å². The molecule has 0 bridgehead atoms. The van der Waals surface area contributed by atoms with E-state index in [9.17, 15) is 9.18 Å². The first-order valence-electron chi connectivity index (χ1n) is 4.55. The molecule has 0 saturated carbocycles. The number of rotatable bonds is 4. The van der Waals surface area contributed by atoms with Crippen LogP contribution < -0.4 is 5.32 Å². The van der Waals surface area contributed by atoms with Crippen molar-refractivity contribution in [1.29, 1.82) is 0 Å². The van der Waals surface area contributed by atoms with E-state index in [1.807, 2.05) is 0 Å². The van der Waals surface area contributed by atoms with E-state index in [1.54, 1.807) is 26.1 Å². The van der Waals surface area contributed by atoms with Crippen LogP contribution in [-0.4, -0.2) is 19.4 Å². The fourth-order valence-electron chi connectivity index (χ4n) is 1.31. The van der Waals surface area contributed by atoms with Crippen LogP contribution in [0.2, 0.25) is 0 Å². The van der Waals surface area contributed by atoms with Crippen molar-refractivity contribution in [3.8, 4) is 0 Å². The van der Waals surface area contributed by atoms with Gasteiger partial charge in [-0.1, -0.05) is 12.1 Å². The summed E-state index contributed by atoms with van der Waals surface area (Å²) in [6.45, 7) is 1.72. The smallest absolute Gasteiger partial charge is 0.137 e. The number of aldehydes is 1. The molecule has 0 amide bonds. The van der Waals surface area contributed by atoms with Crippen molar-refractivity contribution in [1.82, 2.24) is 5.32 Å². The summed E-state index contributed by atoms with van der Waals surface area (Å²) < 4.78 is 12.9. The molecule has 1 rings (SSSR count). The van der Waals surface area contributed by atoms with Gasteiger partial charge in [0.05, 0.1) is 6.04 Å². The number of nitrogens with one attached hydrogen (secondary N) is 1. The van der Waals surface area contributed by atoms with Gasteiger partial charge in [0.15, 0.2) is 0 Å². The highest BCUT2D eigenvalue weighted by Crippen LogP contribution is 2.10. The number of likely N-dealkylation sites (N-methyl/N-ethyl adjacent to an activating group) is 1. The zero-order chi connectivity index (χ0) is 10.6. The fourth-order valence-corrected chi connectivity index (χ4v) is 1.31. The molecule has 0 aromatic heterocycles. The summed E-state index contributed by atoms with van der Waals surface area (Å²) in [5.41, 5.74) is 1.58. The molecule has 0 spiro atoms. The Balaban J connectivity index is 2.76. The van der Waals surface area contributed by atoms with E-state index in [0.29, 0.717) is 12.0 Å². The Morgan fingerprint density at radius 2 is 2.29 bits per heavy atom. The first-order chi connectivity index (χ1) is 6.67. The maximum atomic E-state index is 12.9. The van der Waals surface area contributed by atoms with E-state index in [2.05, 4.69) is 5.32 Å². The lowest BCUT2D eigenvalue weighted by molar-refractivity contribution is -0.109. The molecule has 1 atom stereocenters. The third-order valence-corrected chi connectivity index (χ3v) is 2.21. The largest absolute Gasteiger partial charge is 0.311 e. The summed E-state index contributed by atoms with van der Waals surface area (Å²) in [7, 11) is 1.73. The number of carbonyl (C=O) groups is 1. The SMILES string of the molecule is CN[C@H](C=O)Cc1ccc(F)c(C)c1. The Labute approximate surface area is 83.1 Å². The van der Waals surface area contributed by atoms with Crippen LogP contribution >= 0.6 is 0 Å². The van der Waals surface area contributed by atoms with Crippen molar-refractivity contribution in [2.45, 2.75) is 19.4 Å². The average molecular weight is 195 g/mol. The third-order valence-electron chi connectivity index (χ3n) is 2.21. The molecule has 0 unspecified atom stereocenters. The number of aryl methyl sites for hydroxylation is 1. The lowest BCUT2D eigenvalue weighted by Crippen LogP contribution is -2.28. The minimum Gasteiger partial charge on any atom is -0.311 e. The van der Waals surface area contributed by atoms with E-state index in [0.717, 1.165) is 11.8 Å². The number of halogens is 1. The molecule has 0 saturated heterocycles. The molecule has 0 aliphatic carbocycles. The summed E-state index contributed by atoms with van der Waals surface area (Å²) in [5.74, 6) is -0.208. The normalized spacial score (nSPS) is 12.5. The molecule has 1 aromatic rings. The number of benzene rings is 1. The summed E-state index contributed by atoms with van der Waals surface area (Å²) in [5, 5.41) is 2.87. The number of hydrogen-bond acceptors (Lipinski definition) is 2. The van der Waals surface area contributed by atoms with Gasteiger partial charge in [-0.2, -0.15) is 0 Å². The van der Waals surface area contributed by atoms with Gasteiger partial charge in [-0.25, -0.2) is 4.39 Å². The van der Waals surface area contributed by atoms with E-state index in [-0.39, 0.29) is 11.9 Å². The Hall–Kier alpha value is -1.22. The molecule has 76 valence electrons. The lowest BCUT2D eigenvalue weighted by Gasteiger charge is -2.09. The van der Waals surface area contributed by atoms with Crippen molar-refractivity contribution < 1.29 is 9.18 Å². The van der Waals surface area contributed by atoms with Crippen LogP contribution in [0.15, 0.2) is 18.2 Å². The second kappa shape index (κ2) is 4.86. The maximum Gasteiger partial charge on any atom is 0.137 e. The summed E-state index contributed by atoms with van der Waals surface area (Å²) >= 11 is 0. The molecule has 3 heteroatoms. The minimum absolute atomic E-state index is 0.195. The molecule has 0 heterocycles. The molecule has 0 aliphatic rings. The molecule has 0 aliphatic heterocycles. The topological polar surface area (TPSA) is 29.1 Å². The Morgan fingerprint density at radius 3 is 2.79 bits per heavy atom. The van der Waals surface area contributed by atoms with Crippen LogP contribution in [0.3, 0.4) is 0 Å². The standard InChI is InChI=1S/C11H14FNO/c1-8-5-9(3-4-11(8)12)6-10(7-14)13-2/h3-5,7,10,13H,6H2,1-2H3/t10-/m0/s1. The summed E-state index contributed by atoms with van der Waals surface area (Å²) in [6.07, 6.45) is 1.46. The zero-order valence-corrected chi connectivity index (χ0v) is 8.38. The van der Waals surface area contributed by atoms with E-state index in [1.165, 1.54) is 6.07 Å². The lowest BCUT2D eigenvalue weighted by atomic mass is 10.0. The quantitative estimate of drug-likeness (QED) is 0.737. The first-order valence-corrected chi connectivity index (χ1v) is 4.55. The fraction of sp³-hybridized carbons (Fsp3) is 0.364. The third kappa shape index (κ3) is 2.64. The maximum absolute atomic E-state index is 12.9. The van der Waals surface area contributed by atoms with E-state index < -0.39 is 0 Å². The van der Waals surface area contributed by atoms with Gasteiger partial charge in [-0.15, -0.1) is 0 Å². The predicted molar refractivity (Wildman–Crippen MR) is 53.8 cm³/mol. The highest BCUT2D eigenvalue weighted by Gasteiger charge is 2.06. The highest BCUT2D eigenvalue weighted by molar-refractivity contribution is 5.58. The molecular formula is C11H14FNO. The van der Waals surface area contributed by atoms with Crippen molar-refractivity contribution in [3.63, 3.8) is 0 Å². The van der Waals surface area contributed by atoms with Gasteiger partial charge >= 0.3 is 0 Å². The van der Waals surface area contributed by atoms with Gasteiger partial charge in [0.25, 0.3) is 0 Å². The van der Waals surface area contributed by atoms with Gasteiger partial charge < -0.3 is 10.1 Å². The summed E-state index contributed by atoms with van der Waals surface area (Å²) in [4.78, 5) is 10.6. The van der Waals surface area contributed by atoms with Crippen LogP contribution in [0, 0.1) is 12.7 Å². The minimum atomic E-state index is -0.208. The Bertz CT molecular complexity index is 325. The van der Waals surface area contributed by atoms with Crippen molar-refractivity contribution in [3.05, 3.63) is 35.1 Å². The first kappa shape index (κ1) is 10.9. The van der Waals surface area contributed by atoms with Crippen molar-refractivity contribution >= 4 is 6.29 Å². The molecule has 0 radical (unpaired) electrons. The van der Waals surface area contributed by atoms with Crippen LogP contribution in [0.5, 0.6) is 0 Å². The molecule has 0 fully saturated rings. The van der Waals surface area contributed by atoms with Crippen LogP contribution in [0.4, 0.5) is 4.39 Å². The molecule has 14 heavy (non-hydrogen) atoms. The monoisotopic (exact) mass is 195 g/mol. The van der Waals surface area contributed by atoms with E-state index >= 15 is 0 Å². The Morgan fingerprint density at radius 1 is 1.57 bits per heavy atom. The van der Waals surface area contributed by atoms with Crippen molar-refractivity contribution in [2.24, 2.45) is 0 Å². The predicted octanol–water partition coefficient (Wildman–Crippen LogP) is 1.46. The average Bonchev–Trinajstić information content (AvgIpc) is 2.19. The number of carbonyl (C=O) groups excluding carboxylic acids is 1. The van der Waals surface area contributed by atoms with Gasteiger partial charge in [-0.05, 0) is 37.6 Å². The Kier molecular flexibility index (Phi) is 3.77. The molecule has 1 aromatic carbocycles. The van der Waals surface area contributed by atoms with Gasteiger partial charge in [0, 0.05) is 0 Å². The number of hydrogen-bond donors (Lipinski definition) is 1. The summed E-state index contributed by atoms with van der Waals surface area (Å²) in [6, 6.07) is 4.71. The molecule has 1 N–H and O–H groups in total. The van der Waals surface area contributed by atoms with Gasteiger partial charge in [-0.3, -0.25) is 0 Å². The van der Waals surface area contributed by atoms with Crippen LogP contribution in [0.1, 0.15) is 11.1 Å². The highest BCUT2D eigenvalue weighted by atomic mass is 19.1. The van der Waals surface area contributed by atoms with Crippen LogP contribution in [0.25, 0.3) is 0 Å². The van der Waals surface area contributed by atoms with E-state index in [4.69, 9.17) is 0 Å². The van der Waals surface area contributed by atoms with Gasteiger partial charge in [0.2, 0.25) is 0 Å². The molecule has 2 nitrogen and oxygen atoms in total. The zero-order valence-electron chi connectivity index (χ0n) is 8.38. The van der Waals surface area contributed by atoms with Crippen LogP contribution in [-0.2, 0) is 11.2 Å². The second-order valence-corrected chi connectivity index (χ2v) is 3.32. The second-order valence-electron chi connectivity index (χ2n) is 3.32.